The normalized spacial score (nSPS) is 11.0. The molecule has 2 aromatic carbocycles. The number of nitroso groups, excluding NO2 is 1. The molecule has 4 rings (SSSR count). The summed E-state index contributed by atoms with van der Waals surface area (Å²) in [5.74, 6) is 0.739. The van der Waals surface area contributed by atoms with Crippen LogP contribution in [0.15, 0.2) is 66.1 Å². The van der Waals surface area contributed by atoms with Crippen molar-refractivity contribution in [1.29, 1.82) is 0 Å². The number of imidazole rings is 1. The summed E-state index contributed by atoms with van der Waals surface area (Å²) in [6, 6.07) is 15.8. The van der Waals surface area contributed by atoms with E-state index < -0.39 is 0 Å². The quantitative estimate of drug-likeness (QED) is 0.520. The first-order chi connectivity index (χ1) is 10.4. The average molecular weight is 274 g/mol. The van der Waals surface area contributed by atoms with Crippen LogP contribution in [-0.4, -0.2) is 14.4 Å². The van der Waals surface area contributed by atoms with Gasteiger partial charge < -0.3 is 0 Å². The van der Waals surface area contributed by atoms with Crippen LogP contribution in [0.1, 0.15) is 0 Å². The SMILES string of the molecule is O=Nc1c(-c2ccc3ccccc3c2)nc2ncccn12. The third-order valence-electron chi connectivity index (χ3n) is 3.49. The molecule has 0 radical (unpaired) electrons. The van der Waals surface area contributed by atoms with E-state index in [1.807, 2.05) is 42.5 Å². The third kappa shape index (κ3) is 1.79. The molecule has 0 saturated carbocycles. The second-order valence-corrected chi connectivity index (χ2v) is 4.73. The average Bonchev–Trinajstić information content (AvgIpc) is 2.93. The van der Waals surface area contributed by atoms with Gasteiger partial charge in [-0.15, -0.1) is 4.91 Å². The molecule has 5 heteroatoms. The molecule has 2 aromatic heterocycles. The molecular formula is C16H10N4O. The van der Waals surface area contributed by atoms with Gasteiger partial charge in [0.1, 0.15) is 5.69 Å². The first kappa shape index (κ1) is 11.7. The molecule has 0 spiro atoms. The van der Waals surface area contributed by atoms with Gasteiger partial charge in [-0.25, -0.2) is 9.97 Å². The van der Waals surface area contributed by atoms with Crippen LogP contribution in [0.4, 0.5) is 5.82 Å². The van der Waals surface area contributed by atoms with Crippen molar-refractivity contribution in [3.63, 3.8) is 0 Å². The van der Waals surface area contributed by atoms with E-state index in [9.17, 15) is 4.91 Å². The first-order valence-electron chi connectivity index (χ1n) is 6.52. The zero-order valence-electron chi connectivity index (χ0n) is 11.0. The van der Waals surface area contributed by atoms with Crippen molar-refractivity contribution in [3.8, 4) is 11.3 Å². The number of nitrogens with zero attached hydrogens (tertiary/aromatic N) is 4. The van der Waals surface area contributed by atoms with Gasteiger partial charge in [-0.2, -0.15) is 0 Å². The number of hydrogen-bond acceptors (Lipinski definition) is 4. The molecule has 0 saturated heterocycles. The van der Waals surface area contributed by atoms with E-state index in [0.717, 1.165) is 16.3 Å². The molecular weight excluding hydrogens is 264 g/mol. The van der Waals surface area contributed by atoms with Gasteiger partial charge in [0.25, 0.3) is 0 Å². The number of benzene rings is 2. The molecule has 0 aliphatic rings. The Morgan fingerprint density at radius 1 is 1.00 bits per heavy atom. The molecule has 2 heterocycles. The topological polar surface area (TPSA) is 59.6 Å². The summed E-state index contributed by atoms with van der Waals surface area (Å²) in [4.78, 5) is 19.8. The molecule has 0 aliphatic heterocycles. The Morgan fingerprint density at radius 2 is 1.86 bits per heavy atom. The summed E-state index contributed by atoms with van der Waals surface area (Å²) in [5, 5.41) is 5.36. The van der Waals surface area contributed by atoms with Crippen LogP contribution in [0.5, 0.6) is 0 Å². The molecule has 100 valence electrons. The summed E-state index contributed by atoms with van der Waals surface area (Å²) in [6.07, 6.45) is 3.37. The van der Waals surface area contributed by atoms with E-state index in [2.05, 4.69) is 15.1 Å². The van der Waals surface area contributed by atoms with Crippen LogP contribution in [0.25, 0.3) is 27.8 Å². The predicted molar refractivity (Wildman–Crippen MR) is 81.4 cm³/mol. The van der Waals surface area contributed by atoms with Crippen molar-refractivity contribution < 1.29 is 0 Å². The lowest BCUT2D eigenvalue weighted by molar-refractivity contribution is 1.10. The van der Waals surface area contributed by atoms with Gasteiger partial charge in [0.2, 0.25) is 11.6 Å². The molecule has 4 aromatic rings. The molecule has 0 atom stereocenters. The molecule has 0 aliphatic carbocycles. The fourth-order valence-electron chi connectivity index (χ4n) is 2.49. The van der Waals surface area contributed by atoms with E-state index in [1.54, 1.807) is 22.9 Å². The van der Waals surface area contributed by atoms with Crippen molar-refractivity contribution in [2.45, 2.75) is 0 Å². The van der Waals surface area contributed by atoms with E-state index in [0.29, 0.717) is 11.5 Å². The second kappa shape index (κ2) is 4.49. The molecule has 0 N–H and O–H groups in total. The monoisotopic (exact) mass is 274 g/mol. The summed E-state index contributed by atoms with van der Waals surface area (Å²) in [5.41, 5.74) is 1.41. The standard InChI is InChI=1S/C16H10N4O/c21-19-15-14(18-16-17-8-3-9-20(15)16)13-7-6-11-4-1-2-5-12(11)10-13/h1-10H. The number of rotatable bonds is 2. The number of hydrogen-bond donors (Lipinski definition) is 0. The lowest BCUT2D eigenvalue weighted by Gasteiger charge is -2.01. The van der Waals surface area contributed by atoms with Crippen molar-refractivity contribution in [1.82, 2.24) is 14.4 Å². The summed E-state index contributed by atoms with van der Waals surface area (Å²) >= 11 is 0. The van der Waals surface area contributed by atoms with Crippen molar-refractivity contribution >= 4 is 22.4 Å². The molecule has 0 fully saturated rings. The zero-order chi connectivity index (χ0) is 14.2. The van der Waals surface area contributed by atoms with E-state index in [-0.39, 0.29) is 5.82 Å². The largest absolute Gasteiger partial charge is 0.265 e. The van der Waals surface area contributed by atoms with Gasteiger partial charge in [-0.05, 0) is 28.1 Å². The lowest BCUT2D eigenvalue weighted by Crippen LogP contribution is -1.84. The molecule has 0 amide bonds. The van der Waals surface area contributed by atoms with Gasteiger partial charge >= 0.3 is 0 Å². The number of fused-ring (bicyclic) bond motifs is 2. The van der Waals surface area contributed by atoms with Gasteiger partial charge in [0, 0.05) is 18.0 Å². The van der Waals surface area contributed by atoms with Gasteiger partial charge in [0.05, 0.1) is 0 Å². The highest BCUT2D eigenvalue weighted by Crippen LogP contribution is 2.31. The Morgan fingerprint density at radius 3 is 2.71 bits per heavy atom. The van der Waals surface area contributed by atoms with Crippen molar-refractivity contribution in [3.05, 3.63) is 65.8 Å². The Balaban J connectivity index is 2.01. The van der Waals surface area contributed by atoms with Crippen LogP contribution < -0.4 is 0 Å². The smallest absolute Gasteiger partial charge is 0.236 e. The Bertz CT molecular complexity index is 974. The zero-order valence-corrected chi connectivity index (χ0v) is 11.0. The van der Waals surface area contributed by atoms with Crippen LogP contribution in [0.3, 0.4) is 0 Å². The maximum absolute atomic E-state index is 11.2. The van der Waals surface area contributed by atoms with Crippen LogP contribution in [0.2, 0.25) is 0 Å². The third-order valence-corrected chi connectivity index (χ3v) is 3.49. The minimum atomic E-state index is 0.272. The highest BCUT2D eigenvalue weighted by atomic mass is 16.3. The Labute approximate surface area is 119 Å². The highest BCUT2D eigenvalue weighted by molar-refractivity contribution is 5.88. The molecule has 21 heavy (non-hydrogen) atoms. The fourth-order valence-corrected chi connectivity index (χ4v) is 2.49. The first-order valence-corrected chi connectivity index (χ1v) is 6.52. The van der Waals surface area contributed by atoms with Gasteiger partial charge in [-0.1, -0.05) is 36.4 Å². The Hall–Kier alpha value is -3.08. The minimum absolute atomic E-state index is 0.272. The maximum atomic E-state index is 11.2. The van der Waals surface area contributed by atoms with Crippen molar-refractivity contribution in [2.24, 2.45) is 5.18 Å². The fraction of sp³-hybridized carbons (Fsp3) is 0. The van der Waals surface area contributed by atoms with E-state index in [1.165, 1.54) is 0 Å². The summed E-state index contributed by atoms with van der Waals surface area (Å²) in [7, 11) is 0. The summed E-state index contributed by atoms with van der Waals surface area (Å²) < 4.78 is 1.59. The predicted octanol–water partition coefficient (Wildman–Crippen LogP) is 3.95. The van der Waals surface area contributed by atoms with Crippen LogP contribution in [0, 0.1) is 4.91 Å². The summed E-state index contributed by atoms with van der Waals surface area (Å²) in [6.45, 7) is 0. The van der Waals surface area contributed by atoms with E-state index >= 15 is 0 Å². The molecule has 0 unspecified atom stereocenters. The van der Waals surface area contributed by atoms with E-state index in [4.69, 9.17) is 0 Å². The highest BCUT2D eigenvalue weighted by Gasteiger charge is 2.15. The second-order valence-electron chi connectivity index (χ2n) is 4.73. The molecule has 0 bridgehead atoms. The van der Waals surface area contributed by atoms with Crippen molar-refractivity contribution in [2.75, 3.05) is 0 Å². The van der Waals surface area contributed by atoms with Gasteiger partial charge in [-0.3, -0.25) is 4.40 Å². The maximum Gasteiger partial charge on any atom is 0.236 e. The Kier molecular flexibility index (Phi) is 2.50. The van der Waals surface area contributed by atoms with Gasteiger partial charge in [0.15, 0.2) is 0 Å². The lowest BCUT2D eigenvalue weighted by atomic mass is 10.1. The number of aromatic nitrogens is 3. The van der Waals surface area contributed by atoms with Crippen LogP contribution >= 0.6 is 0 Å². The minimum Gasteiger partial charge on any atom is -0.265 e. The van der Waals surface area contributed by atoms with Crippen LogP contribution in [-0.2, 0) is 0 Å². The molecule has 5 nitrogen and oxygen atoms in total.